The molecule has 0 saturated heterocycles. The van der Waals surface area contributed by atoms with E-state index >= 15 is 0 Å². The highest BCUT2D eigenvalue weighted by Gasteiger charge is 2.27. The van der Waals surface area contributed by atoms with Crippen LogP contribution in [0.2, 0.25) is 0 Å². The molecule has 0 aliphatic carbocycles. The summed E-state index contributed by atoms with van der Waals surface area (Å²) in [6, 6.07) is 1.79. The Bertz CT molecular complexity index is 628. The summed E-state index contributed by atoms with van der Waals surface area (Å²) >= 11 is 0. The molecule has 0 amide bonds. The number of sulfonamides is 1. The fraction of sp³-hybridized carbons (Fsp3) is 0.429. The van der Waals surface area contributed by atoms with E-state index in [4.69, 9.17) is 12.2 Å². The van der Waals surface area contributed by atoms with Gasteiger partial charge in [0.2, 0.25) is 10.0 Å². The van der Waals surface area contributed by atoms with E-state index in [2.05, 4.69) is 5.92 Å². The lowest BCUT2D eigenvalue weighted by atomic mass is 10.1. The predicted molar refractivity (Wildman–Crippen MR) is 78.3 cm³/mol. The van der Waals surface area contributed by atoms with Crippen LogP contribution in [0.5, 0.6) is 0 Å². The molecule has 104 valence electrons. The maximum atomic E-state index is 12.6. The minimum atomic E-state index is -3.60. The van der Waals surface area contributed by atoms with Gasteiger partial charge in [0.05, 0.1) is 11.4 Å². The maximum absolute atomic E-state index is 12.6. The van der Waals surface area contributed by atoms with Crippen molar-refractivity contribution in [3.63, 3.8) is 0 Å². The van der Waals surface area contributed by atoms with Crippen LogP contribution in [-0.4, -0.2) is 25.8 Å². The van der Waals surface area contributed by atoms with Crippen LogP contribution in [0.4, 0.5) is 5.69 Å². The average Bonchev–Trinajstić information content (AvgIpc) is 2.32. The van der Waals surface area contributed by atoms with Gasteiger partial charge >= 0.3 is 0 Å². The fourth-order valence-corrected chi connectivity index (χ4v) is 3.98. The molecule has 0 aliphatic heterocycles. The second-order valence-electron chi connectivity index (χ2n) is 4.51. The number of anilines is 1. The number of aryl methyl sites for hydroxylation is 2. The van der Waals surface area contributed by atoms with Crippen molar-refractivity contribution in [3.05, 3.63) is 22.8 Å². The van der Waals surface area contributed by atoms with Crippen molar-refractivity contribution in [2.45, 2.75) is 32.6 Å². The number of rotatable bonds is 4. The third-order valence-corrected chi connectivity index (χ3v) is 5.39. The summed E-state index contributed by atoms with van der Waals surface area (Å²) in [7, 11) is -3.60. The summed E-state index contributed by atoms with van der Waals surface area (Å²) in [5.74, 6) is 2.38. The topological polar surface area (TPSA) is 63.4 Å². The Hall–Kier alpha value is -1.51. The molecule has 19 heavy (non-hydrogen) atoms. The van der Waals surface area contributed by atoms with Crippen molar-refractivity contribution in [2.75, 3.05) is 18.8 Å². The molecule has 0 aromatic heterocycles. The van der Waals surface area contributed by atoms with Crippen LogP contribution < -0.4 is 5.73 Å². The van der Waals surface area contributed by atoms with E-state index < -0.39 is 10.0 Å². The van der Waals surface area contributed by atoms with Gasteiger partial charge in [-0.25, -0.2) is 8.42 Å². The van der Waals surface area contributed by atoms with Gasteiger partial charge in [0.25, 0.3) is 0 Å². The zero-order valence-corrected chi connectivity index (χ0v) is 12.6. The zero-order valence-electron chi connectivity index (χ0n) is 11.8. The Morgan fingerprint density at radius 3 is 2.37 bits per heavy atom. The average molecular weight is 280 g/mol. The molecule has 5 heteroatoms. The van der Waals surface area contributed by atoms with E-state index in [0.717, 1.165) is 5.56 Å². The summed E-state index contributed by atoms with van der Waals surface area (Å²) < 4.78 is 26.5. The Morgan fingerprint density at radius 2 is 1.89 bits per heavy atom. The molecule has 0 radical (unpaired) electrons. The monoisotopic (exact) mass is 280 g/mol. The molecule has 0 spiro atoms. The van der Waals surface area contributed by atoms with Crippen LogP contribution >= 0.6 is 0 Å². The highest BCUT2D eigenvalue weighted by atomic mass is 32.2. The summed E-state index contributed by atoms with van der Waals surface area (Å²) in [4.78, 5) is 0.271. The predicted octanol–water partition coefficient (Wildman–Crippen LogP) is 1.84. The fourth-order valence-electron chi connectivity index (χ4n) is 2.18. The van der Waals surface area contributed by atoms with Crippen LogP contribution in [0.25, 0.3) is 0 Å². The third-order valence-electron chi connectivity index (χ3n) is 3.18. The Labute approximate surface area is 115 Å². The number of benzene rings is 1. The van der Waals surface area contributed by atoms with Crippen LogP contribution in [-0.2, 0) is 10.0 Å². The van der Waals surface area contributed by atoms with Crippen molar-refractivity contribution in [1.82, 2.24) is 4.31 Å². The van der Waals surface area contributed by atoms with E-state index in [1.54, 1.807) is 26.8 Å². The van der Waals surface area contributed by atoms with Crippen molar-refractivity contribution in [3.8, 4) is 12.3 Å². The number of hydrogen-bond acceptors (Lipinski definition) is 3. The number of nitrogen functional groups attached to an aromatic ring is 1. The van der Waals surface area contributed by atoms with Gasteiger partial charge in [-0.2, -0.15) is 4.31 Å². The second kappa shape index (κ2) is 5.64. The van der Waals surface area contributed by atoms with E-state index in [0.29, 0.717) is 23.4 Å². The zero-order chi connectivity index (χ0) is 14.8. The van der Waals surface area contributed by atoms with Crippen LogP contribution in [0.3, 0.4) is 0 Å². The molecule has 0 bridgehead atoms. The first-order chi connectivity index (χ1) is 8.77. The first kappa shape index (κ1) is 15.5. The van der Waals surface area contributed by atoms with E-state index in [1.165, 1.54) is 4.31 Å². The second-order valence-corrected chi connectivity index (χ2v) is 6.39. The minimum Gasteiger partial charge on any atom is -0.398 e. The van der Waals surface area contributed by atoms with Crippen molar-refractivity contribution in [1.29, 1.82) is 0 Å². The maximum Gasteiger partial charge on any atom is 0.244 e. The van der Waals surface area contributed by atoms with Gasteiger partial charge < -0.3 is 5.73 Å². The normalized spacial score (nSPS) is 11.6. The van der Waals surface area contributed by atoms with Gasteiger partial charge in [0, 0.05) is 12.2 Å². The molecule has 2 N–H and O–H groups in total. The van der Waals surface area contributed by atoms with Gasteiger partial charge in [-0.3, -0.25) is 0 Å². The molecule has 4 nitrogen and oxygen atoms in total. The third kappa shape index (κ3) is 2.75. The van der Waals surface area contributed by atoms with E-state index in [1.807, 2.05) is 6.92 Å². The molecule has 1 rings (SSSR count). The molecule has 0 fully saturated rings. The molecule has 0 aliphatic rings. The lowest BCUT2D eigenvalue weighted by Gasteiger charge is -2.22. The highest BCUT2D eigenvalue weighted by molar-refractivity contribution is 7.89. The molecule has 0 heterocycles. The Kier molecular flexibility index (Phi) is 4.61. The first-order valence-electron chi connectivity index (χ1n) is 6.07. The molecule has 1 aromatic carbocycles. The first-order valence-corrected chi connectivity index (χ1v) is 7.51. The van der Waals surface area contributed by atoms with E-state index in [-0.39, 0.29) is 11.4 Å². The Balaban J connectivity index is 3.54. The molecular formula is C14H20N2O2S. The SMILES string of the molecule is C#CCN(CC)S(=O)(=O)c1c(C)cc(C)c(N)c1C. The Morgan fingerprint density at radius 1 is 1.32 bits per heavy atom. The minimum absolute atomic E-state index is 0.0610. The largest absolute Gasteiger partial charge is 0.398 e. The van der Waals surface area contributed by atoms with Crippen LogP contribution in [0, 0.1) is 33.1 Å². The molecule has 0 saturated carbocycles. The standard InChI is InChI=1S/C14H20N2O2S/c1-6-8-16(7-2)19(17,18)14-11(4)9-10(3)13(15)12(14)5/h1,9H,7-8,15H2,2-5H3. The quantitative estimate of drug-likeness (QED) is 0.676. The van der Waals surface area contributed by atoms with Crippen molar-refractivity contribution >= 4 is 15.7 Å². The van der Waals surface area contributed by atoms with Crippen molar-refractivity contribution < 1.29 is 8.42 Å². The number of nitrogens with zero attached hydrogens (tertiary/aromatic N) is 1. The summed E-state index contributed by atoms with van der Waals surface area (Å²) in [5.41, 5.74) is 8.62. The summed E-state index contributed by atoms with van der Waals surface area (Å²) in [6.45, 7) is 7.52. The lowest BCUT2D eigenvalue weighted by Crippen LogP contribution is -2.32. The number of terminal acetylenes is 1. The molecule has 0 unspecified atom stereocenters. The van der Waals surface area contributed by atoms with E-state index in [9.17, 15) is 8.42 Å². The molecular weight excluding hydrogens is 260 g/mol. The van der Waals surface area contributed by atoms with Gasteiger partial charge in [-0.05, 0) is 37.5 Å². The smallest absolute Gasteiger partial charge is 0.244 e. The summed E-state index contributed by atoms with van der Waals surface area (Å²) in [6.07, 6.45) is 5.23. The number of nitrogens with two attached hydrogens (primary N) is 1. The van der Waals surface area contributed by atoms with Gasteiger partial charge in [-0.15, -0.1) is 6.42 Å². The van der Waals surface area contributed by atoms with Gasteiger partial charge in [-0.1, -0.05) is 18.9 Å². The summed E-state index contributed by atoms with van der Waals surface area (Å²) in [5, 5.41) is 0. The molecule has 1 aromatic rings. The van der Waals surface area contributed by atoms with Crippen molar-refractivity contribution in [2.24, 2.45) is 0 Å². The van der Waals surface area contributed by atoms with Gasteiger partial charge in [0.15, 0.2) is 0 Å². The number of hydrogen-bond donors (Lipinski definition) is 1. The van der Waals surface area contributed by atoms with Crippen LogP contribution in [0.15, 0.2) is 11.0 Å². The van der Waals surface area contributed by atoms with Crippen LogP contribution in [0.1, 0.15) is 23.6 Å². The lowest BCUT2D eigenvalue weighted by molar-refractivity contribution is 0.463. The molecule has 0 atom stereocenters. The van der Waals surface area contributed by atoms with Gasteiger partial charge in [0.1, 0.15) is 0 Å². The highest BCUT2D eigenvalue weighted by Crippen LogP contribution is 2.30.